The summed E-state index contributed by atoms with van der Waals surface area (Å²) >= 11 is 0. The van der Waals surface area contributed by atoms with E-state index < -0.39 is 0 Å². The second-order valence-electron chi connectivity index (χ2n) is 5.65. The molecule has 0 aromatic rings. The van der Waals surface area contributed by atoms with Gasteiger partial charge in [0.15, 0.2) is 0 Å². The summed E-state index contributed by atoms with van der Waals surface area (Å²) < 4.78 is 5.60. The van der Waals surface area contributed by atoms with Crippen molar-refractivity contribution >= 4 is 5.91 Å². The van der Waals surface area contributed by atoms with Crippen molar-refractivity contribution in [1.82, 2.24) is 5.32 Å². The first-order chi connectivity index (χ1) is 8.79. The highest BCUT2D eigenvalue weighted by Crippen LogP contribution is 2.27. The van der Waals surface area contributed by atoms with Crippen LogP contribution < -0.4 is 11.1 Å². The molecule has 2 rings (SSSR count). The molecule has 104 valence electrons. The second kappa shape index (κ2) is 7.10. The molecule has 1 aliphatic heterocycles. The molecule has 2 fully saturated rings. The lowest BCUT2D eigenvalue weighted by molar-refractivity contribution is -0.125. The van der Waals surface area contributed by atoms with Gasteiger partial charge in [0.05, 0.1) is 12.5 Å². The van der Waals surface area contributed by atoms with Crippen LogP contribution in [0.15, 0.2) is 0 Å². The van der Waals surface area contributed by atoms with E-state index in [2.05, 4.69) is 5.32 Å². The molecule has 2 atom stereocenters. The van der Waals surface area contributed by atoms with Crippen LogP contribution in [-0.2, 0) is 9.53 Å². The van der Waals surface area contributed by atoms with Crippen LogP contribution in [0.2, 0.25) is 0 Å². The van der Waals surface area contributed by atoms with Gasteiger partial charge in [0.25, 0.3) is 0 Å². The molecule has 1 aliphatic carbocycles. The van der Waals surface area contributed by atoms with E-state index in [0.29, 0.717) is 18.9 Å². The number of ether oxygens (including phenoxy) is 1. The van der Waals surface area contributed by atoms with Crippen LogP contribution in [-0.4, -0.2) is 31.2 Å². The van der Waals surface area contributed by atoms with Crippen molar-refractivity contribution in [3.05, 3.63) is 0 Å². The number of hydrogen-bond donors (Lipinski definition) is 2. The zero-order chi connectivity index (χ0) is 12.8. The SMILES string of the molecule is NCC(NC(=O)CC1CCCCO1)C1CCCC1. The third-order valence-electron chi connectivity index (χ3n) is 4.26. The van der Waals surface area contributed by atoms with E-state index in [4.69, 9.17) is 10.5 Å². The lowest BCUT2D eigenvalue weighted by Crippen LogP contribution is -2.45. The van der Waals surface area contributed by atoms with Crippen molar-refractivity contribution in [1.29, 1.82) is 0 Å². The first-order valence-corrected chi connectivity index (χ1v) is 7.40. The topological polar surface area (TPSA) is 64.3 Å². The maximum Gasteiger partial charge on any atom is 0.222 e. The highest BCUT2D eigenvalue weighted by Gasteiger charge is 2.26. The van der Waals surface area contributed by atoms with Crippen LogP contribution in [0.1, 0.15) is 51.4 Å². The fourth-order valence-corrected chi connectivity index (χ4v) is 3.17. The molecule has 0 bridgehead atoms. The number of hydrogen-bond acceptors (Lipinski definition) is 3. The Morgan fingerprint density at radius 1 is 1.22 bits per heavy atom. The van der Waals surface area contributed by atoms with Gasteiger partial charge in [-0.25, -0.2) is 0 Å². The van der Waals surface area contributed by atoms with E-state index in [0.717, 1.165) is 19.4 Å². The molecule has 2 unspecified atom stereocenters. The normalized spacial score (nSPS) is 27.1. The van der Waals surface area contributed by atoms with Crippen LogP contribution in [0.5, 0.6) is 0 Å². The third kappa shape index (κ3) is 3.95. The maximum absolute atomic E-state index is 12.0. The Bertz CT molecular complexity index is 259. The van der Waals surface area contributed by atoms with E-state index >= 15 is 0 Å². The second-order valence-corrected chi connectivity index (χ2v) is 5.65. The average molecular weight is 254 g/mol. The van der Waals surface area contributed by atoms with E-state index in [1.165, 1.54) is 32.1 Å². The third-order valence-corrected chi connectivity index (χ3v) is 4.26. The number of amides is 1. The molecule has 18 heavy (non-hydrogen) atoms. The maximum atomic E-state index is 12.0. The molecule has 2 aliphatic rings. The quantitative estimate of drug-likeness (QED) is 0.783. The van der Waals surface area contributed by atoms with Crippen LogP contribution in [0, 0.1) is 5.92 Å². The van der Waals surface area contributed by atoms with E-state index in [9.17, 15) is 4.79 Å². The molecule has 1 saturated heterocycles. The zero-order valence-corrected chi connectivity index (χ0v) is 11.2. The Kier molecular flexibility index (Phi) is 5.45. The summed E-state index contributed by atoms with van der Waals surface area (Å²) in [6.07, 6.45) is 8.94. The summed E-state index contributed by atoms with van der Waals surface area (Å²) in [6.45, 7) is 1.36. The smallest absolute Gasteiger partial charge is 0.222 e. The summed E-state index contributed by atoms with van der Waals surface area (Å²) in [5, 5.41) is 3.11. The fourth-order valence-electron chi connectivity index (χ4n) is 3.17. The Morgan fingerprint density at radius 2 is 1.94 bits per heavy atom. The molecular formula is C14H26N2O2. The number of nitrogens with two attached hydrogens (primary N) is 1. The minimum atomic E-state index is 0.115. The summed E-state index contributed by atoms with van der Waals surface area (Å²) in [7, 11) is 0. The predicted octanol–water partition coefficient (Wildman–Crippen LogP) is 1.58. The van der Waals surface area contributed by atoms with Crippen molar-refractivity contribution in [3.8, 4) is 0 Å². The Labute approximate surface area is 110 Å². The molecular weight excluding hydrogens is 228 g/mol. The van der Waals surface area contributed by atoms with Gasteiger partial charge < -0.3 is 15.8 Å². The Morgan fingerprint density at radius 3 is 2.56 bits per heavy atom. The van der Waals surface area contributed by atoms with Gasteiger partial charge in [-0.2, -0.15) is 0 Å². The molecule has 0 aromatic heterocycles. The number of carbonyl (C=O) groups excluding carboxylic acids is 1. The molecule has 4 nitrogen and oxygen atoms in total. The van der Waals surface area contributed by atoms with E-state index in [1.54, 1.807) is 0 Å². The van der Waals surface area contributed by atoms with Crippen molar-refractivity contribution in [2.75, 3.05) is 13.2 Å². The summed E-state index contributed by atoms with van der Waals surface area (Å²) in [5.41, 5.74) is 5.79. The molecule has 4 heteroatoms. The van der Waals surface area contributed by atoms with Gasteiger partial charge in [-0.1, -0.05) is 12.8 Å². The molecule has 1 heterocycles. The van der Waals surface area contributed by atoms with Gasteiger partial charge in [0, 0.05) is 19.2 Å². The van der Waals surface area contributed by atoms with Crippen molar-refractivity contribution in [3.63, 3.8) is 0 Å². The molecule has 0 radical (unpaired) electrons. The average Bonchev–Trinajstić information content (AvgIpc) is 2.91. The first-order valence-electron chi connectivity index (χ1n) is 7.40. The molecule has 1 saturated carbocycles. The number of carbonyl (C=O) groups is 1. The molecule has 1 amide bonds. The van der Waals surface area contributed by atoms with Crippen LogP contribution in [0.4, 0.5) is 0 Å². The van der Waals surface area contributed by atoms with Gasteiger partial charge in [0.1, 0.15) is 0 Å². The largest absolute Gasteiger partial charge is 0.378 e. The van der Waals surface area contributed by atoms with Crippen molar-refractivity contribution < 1.29 is 9.53 Å². The molecule has 0 aromatic carbocycles. The van der Waals surface area contributed by atoms with Crippen LogP contribution >= 0.6 is 0 Å². The highest BCUT2D eigenvalue weighted by atomic mass is 16.5. The fraction of sp³-hybridized carbons (Fsp3) is 0.929. The van der Waals surface area contributed by atoms with Gasteiger partial charge in [0.2, 0.25) is 5.91 Å². The minimum absolute atomic E-state index is 0.115. The van der Waals surface area contributed by atoms with Gasteiger partial charge >= 0.3 is 0 Å². The summed E-state index contributed by atoms with van der Waals surface area (Å²) in [6, 6.07) is 0.170. The number of rotatable bonds is 5. The number of nitrogens with one attached hydrogen (secondary N) is 1. The van der Waals surface area contributed by atoms with Crippen LogP contribution in [0.25, 0.3) is 0 Å². The van der Waals surface area contributed by atoms with Gasteiger partial charge in [-0.05, 0) is 38.0 Å². The van der Waals surface area contributed by atoms with Gasteiger partial charge in [-0.3, -0.25) is 4.79 Å². The lowest BCUT2D eigenvalue weighted by Gasteiger charge is -2.26. The summed E-state index contributed by atoms with van der Waals surface area (Å²) in [5.74, 6) is 0.704. The monoisotopic (exact) mass is 254 g/mol. The minimum Gasteiger partial charge on any atom is -0.378 e. The Balaban J connectivity index is 1.73. The van der Waals surface area contributed by atoms with E-state index in [-0.39, 0.29) is 18.1 Å². The standard InChI is InChI=1S/C14H26N2O2/c15-10-13(11-5-1-2-6-11)16-14(17)9-12-7-3-4-8-18-12/h11-13H,1-10,15H2,(H,16,17). The lowest BCUT2D eigenvalue weighted by atomic mass is 9.97. The highest BCUT2D eigenvalue weighted by molar-refractivity contribution is 5.76. The van der Waals surface area contributed by atoms with Gasteiger partial charge in [-0.15, -0.1) is 0 Å². The Hall–Kier alpha value is -0.610. The molecule has 0 spiro atoms. The first kappa shape index (κ1) is 13.8. The summed E-state index contributed by atoms with van der Waals surface area (Å²) in [4.78, 5) is 12.0. The van der Waals surface area contributed by atoms with E-state index in [1.807, 2.05) is 0 Å². The van der Waals surface area contributed by atoms with Crippen molar-refractivity contribution in [2.45, 2.75) is 63.5 Å². The van der Waals surface area contributed by atoms with Crippen LogP contribution in [0.3, 0.4) is 0 Å². The van der Waals surface area contributed by atoms with Crippen molar-refractivity contribution in [2.24, 2.45) is 11.7 Å². The zero-order valence-electron chi connectivity index (χ0n) is 11.2. The molecule has 3 N–H and O–H groups in total. The predicted molar refractivity (Wildman–Crippen MR) is 71.2 cm³/mol.